The Labute approximate surface area is 252 Å². The molecule has 0 spiro atoms. The topological polar surface area (TPSA) is 91.2 Å². The minimum absolute atomic E-state index is 0.0414. The van der Waals surface area contributed by atoms with Crippen LogP contribution in [0.15, 0.2) is 36.4 Å². The third kappa shape index (κ3) is 4.78. The zero-order chi connectivity index (χ0) is 30.6. The maximum atomic E-state index is 16.7. The largest absolute Gasteiger partial charge is 0.508 e. The second-order valence-electron chi connectivity index (χ2n) is 11.8. The van der Waals surface area contributed by atoms with Crippen LogP contribution in [-0.4, -0.2) is 88.9 Å². The third-order valence-corrected chi connectivity index (χ3v) is 9.13. The number of halogens is 3. The molecule has 3 aliphatic rings. The number of anilines is 1. The molecule has 4 heterocycles. The van der Waals surface area contributed by atoms with E-state index in [1.54, 1.807) is 6.07 Å². The van der Waals surface area contributed by atoms with E-state index in [9.17, 15) is 19.0 Å². The van der Waals surface area contributed by atoms with Crippen molar-refractivity contribution < 1.29 is 32.9 Å². The zero-order valence-corrected chi connectivity index (χ0v) is 23.9. The molecule has 0 saturated carbocycles. The highest BCUT2D eigenvalue weighted by atomic mass is 19.1. The van der Waals surface area contributed by atoms with Crippen LogP contribution in [0.5, 0.6) is 11.8 Å². The second kappa shape index (κ2) is 11.1. The molecule has 3 aromatic carbocycles. The summed E-state index contributed by atoms with van der Waals surface area (Å²) >= 11 is 0. The van der Waals surface area contributed by atoms with Gasteiger partial charge < -0.3 is 24.6 Å². The van der Waals surface area contributed by atoms with Gasteiger partial charge in [0.05, 0.1) is 30.4 Å². The first-order chi connectivity index (χ1) is 21.3. The quantitative estimate of drug-likeness (QED) is 0.310. The molecule has 1 aromatic heterocycles. The Balaban J connectivity index is 1.38. The molecule has 3 atom stereocenters. The number of benzene rings is 3. The molecule has 2 N–H and O–H groups in total. The maximum absolute atomic E-state index is 16.7. The van der Waals surface area contributed by atoms with Crippen molar-refractivity contribution in [3.05, 3.63) is 53.6 Å². The van der Waals surface area contributed by atoms with E-state index in [1.165, 1.54) is 30.3 Å². The first-order valence-corrected chi connectivity index (χ1v) is 14.7. The number of hydrogen-bond acceptors (Lipinski definition) is 8. The van der Waals surface area contributed by atoms with Gasteiger partial charge in [0.25, 0.3) is 0 Å². The molecule has 0 unspecified atom stereocenters. The van der Waals surface area contributed by atoms with Gasteiger partial charge in [0.2, 0.25) is 0 Å². The summed E-state index contributed by atoms with van der Waals surface area (Å²) in [7, 11) is 0. The Bertz CT molecular complexity index is 1810. The molecule has 3 aliphatic heterocycles. The number of rotatable bonds is 6. The van der Waals surface area contributed by atoms with Crippen LogP contribution >= 0.6 is 0 Å². The van der Waals surface area contributed by atoms with Crippen molar-refractivity contribution in [2.24, 2.45) is 0 Å². The molecule has 0 bridgehead atoms. The summed E-state index contributed by atoms with van der Waals surface area (Å²) < 4.78 is 57.7. The highest BCUT2D eigenvalue weighted by Gasteiger charge is 2.49. The van der Waals surface area contributed by atoms with Crippen molar-refractivity contribution in [1.82, 2.24) is 14.9 Å². The van der Waals surface area contributed by atoms with Gasteiger partial charge in [-0.1, -0.05) is 18.1 Å². The Morgan fingerprint density at radius 1 is 1.11 bits per heavy atom. The molecule has 11 heteroatoms. The van der Waals surface area contributed by atoms with Crippen LogP contribution in [0.4, 0.5) is 19.0 Å². The summed E-state index contributed by atoms with van der Waals surface area (Å²) in [5.74, 6) is 1.27. The fourth-order valence-electron chi connectivity index (χ4n) is 7.09. The number of phenols is 1. The van der Waals surface area contributed by atoms with E-state index in [4.69, 9.17) is 20.9 Å². The van der Waals surface area contributed by atoms with Crippen molar-refractivity contribution in [3.8, 4) is 35.2 Å². The first kappa shape index (κ1) is 28.6. The fourth-order valence-corrected chi connectivity index (χ4v) is 7.09. The molecule has 44 heavy (non-hydrogen) atoms. The Morgan fingerprint density at radius 2 is 1.98 bits per heavy atom. The number of nitrogens with zero attached hydrogens (tertiary/aromatic N) is 4. The molecule has 3 fully saturated rings. The lowest BCUT2D eigenvalue weighted by atomic mass is 9.93. The third-order valence-electron chi connectivity index (χ3n) is 9.13. The van der Waals surface area contributed by atoms with Crippen LogP contribution in [0.1, 0.15) is 24.8 Å². The number of phenolic OH excluding ortho intramolecular Hbond substituents is 1. The molecule has 4 aromatic rings. The molecule has 0 aliphatic carbocycles. The van der Waals surface area contributed by atoms with Crippen LogP contribution in [-0.2, 0) is 4.74 Å². The standard InChI is InChI=1S/C33H31F3N4O4/c1-2-23-27(35)7-4-19-12-21(42)13-26(28(19)23)24-5-6-25-30(29(24)36)37-32(38-31(25)39-10-11-43-22(16-39)17-41)44-18-33-8-3-9-40(33)15-20(34)14-33/h1,4-7,12-13,20,22,41-42H,3,8-11,14-18H2/t20-,22-,33+/m1/s1. The highest BCUT2D eigenvalue weighted by molar-refractivity contribution is 6.04. The Hall–Kier alpha value is -4.11. The van der Waals surface area contributed by atoms with Gasteiger partial charge in [-0.3, -0.25) is 4.90 Å². The summed E-state index contributed by atoms with van der Waals surface area (Å²) in [4.78, 5) is 13.2. The number of fused-ring (bicyclic) bond motifs is 3. The van der Waals surface area contributed by atoms with E-state index in [0.717, 1.165) is 19.4 Å². The number of alkyl halides is 1. The van der Waals surface area contributed by atoms with Crippen molar-refractivity contribution >= 4 is 27.5 Å². The second-order valence-corrected chi connectivity index (χ2v) is 11.8. The molecule has 3 saturated heterocycles. The minimum atomic E-state index is -0.939. The van der Waals surface area contributed by atoms with Crippen LogP contribution < -0.4 is 9.64 Å². The Kier molecular flexibility index (Phi) is 7.23. The average molecular weight is 605 g/mol. The van der Waals surface area contributed by atoms with Crippen molar-refractivity contribution in [2.75, 3.05) is 50.9 Å². The minimum Gasteiger partial charge on any atom is -0.508 e. The van der Waals surface area contributed by atoms with Gasteiger partial charge in [0.15, 0.2) is 5.82 Å². The van der Waals surface area contributed by atoms with Crippen molar-refractivity contribution in [1.29, 1.82) is 0 Å². The number of aliphatic hydroxyl groups excluding tert-OH is 1. The van der Waals surface area contributed by atoms with E-state index in [-0.39, 0.29) is 52.6 Å². The lowest BCUT2D eigenvalue weighted by Gasteiger charge is -2.34. The van der Waals surface area contributed by atoms with E-state index < -0.39 is 29.4 Å². The summed E-state index contributed by atoms with van der Waals surface area (Å²) in [6, 6.07) is 8.62. The number of morpholine rings is 1. The lowest BCUT2D eigenvalue weighted by Crippen LogP contribution is -2.45. The monoisotopic (exact) mass is 604 g/mol. The van der Waals surface area contributed by atoms with Gasteiger partial charge in [-0.15, -0.1) is 6.42 Å². The number of terminal acetylenes is 1. The number of hydrogen-bond donors (Lipinski definition) is 2. The van der Waals surface area contributed by atoms with Gasteiger partial charge in [-0.25, -0.2) is 13.2 Å². The smallest absolute Gasteiger partial charge is 0.319 e. The summed E-state index contributed by atoms with van der Waals surface area (Å²) in [5, 5.41) is 21.4. The van der Waals surface area contributed by atoms with E-state index in [2.05, 4.69) is 15.8 Å². The van der Waals surface area contributed by atoms with Gasteiger partial charge >= 0.3 is 6.01 Å². The van der Waals surface area contributed by atoms with Crippen molar-refractivity contribution in [2.45, 2.75) is 37.1 Å². The van der Waals surface area contributed by atoms with E-state index >= 15 is 4.39 Å². The predicted molar refractivity (Wildman–Crippen MR) is 160 cm³/mol. The van der Waals surface area contributed by atoms with Crippen LogP contribution in [0.2, 0.25) is 0 Å². The SMILES string of the molecule is C#Cc1c(F)ccc2cc(O)cc(-c3ccc4c(N5CCO[C@@H](CO)C5)nc(OC[C@@]56CCCN5C[C@H](F)C6)nc4c3F)c12. The summed E-state index contributed by atoms with van der Waals surface area (Å²) in [5.41, 5.74) is -0.282. The fraction of sp³-hybridized carbons (Fsp3) is 0.394. The molecule has 228 valence electrons. The number of aromatic hydroxyl groups is 1. The first-order valence-electron chi connectivity index (χ1n) is 14.7. The zero-order valence-electron chi connectivity index (χ0n) is 23.9. The number of aromatic nitrogens is 2. The molecule has 7 rings (SSSR count). The van der Waals surface area contributed by atoms with Gasteiger partial charge in [0, 0.05) is 42.4 Å². The average Bonchev–Trinajstić information content (AvgIpc) is 3.55. The lowest BCUT2D eigenvalue weighted by molar-refractivity contribution is 0.00339. The maximum Gasteiger partial charge on any atom is 0.319 e. The van der Waals surface area contributed by atoms with Crippen LogP contribution in [0.25, 0.3) is 32.8 Å². The Morgan fingerprint density at radius 3 is 2.80 bits per heavy atom. The van der Waals surface area contributed by atoms with Crippen LogP contribution in [0, 0.1) is 24.0 Å². The highest BCUT2D eigenvalue weighted by Crippen LogP contribution is 2.42. The molecule has 8 nitrogen and oxygen atoms in total. The van der Waals surface area contributed by atoms with Gasteiger partial charge in [-0.2, -0.15) is 9.97 Å². The van der Waals surface area contributed by atoms with Crippen LogP contribution in [0.3, 0.4) is 0 Å². The number of aliphatic hydroxyl groups is 1. The summed E-state index contributed by atoms with van der Waals surface area (Å²) in [6.07, 6.45) is 6.34. The molecular formula is C33H31F3N4O4. The van der Waals surface area contributed by atoms with Gasteiger partial charge in [0.1, 0.15) is 35.7 Å². The molecule has 0 radical (unpaired) electrons. The predicted octanol–water partition coefficient (Wildman–Crippen LogP) is 4.57. The number of ether oxygens (including phenoxy) is 2. The summed E-state index contributed by atoms with van der Waals surface area (Å²) in [6.45, 7) is 2.20. The van der Waals surface area contributed by atoms with Gasteiger partial charge in [-0.05, 0) is 54.6 Å². The van der Waals surface area contributed by atoms with E-state index in [0.29, 0.717) is 49.3 Å². The van der Waals surface area contributed by atoms with Crippen molar-refractivity contribution in [3.63, 3.8) is 0 Å². The normalized spacial score (nSPS) is 23.8. The molecular weight excluding hydrogens is 573 g/mol. The molecule has 0 amide bonds. The van der Waals surface area contributed by atoms with E-state index in [1.807, 2.05) is 4.90 Å².